The maximum absolute atomic E-state index is 13.2. The van der Waals surface area contributed by atoms with Crippen LogP contribution in [0.25, 0.3) is 0 Å². The van der Waals surface area contributed by atoms with Crippen molar-refractivity contribution in [3.63, 3.8) is 0 Å². The largest absolute Gasteiger partial charge is 0.480 e. The van der Waals surface area contributed by atoms with Crippen LogP contribution in [0, 0.1) is 11.8 Å². The van der Waals surface area contributed by atoms with Crippen molar-refractivity contribution in [2.24, 2.45) is 23.3 Å². The molecular weight excluding hydrogens is 530 g/mol. The Morgan fingerprint density at radius 1 is 0.750 bits per heavy atom. The second-order valence-corrected chi connectivity index (χ2v) is 10.1. The second kappa shape index (κ2) is 17.7. The molecule has 0 bridgehead atoms. The van der Waals surface area contributed by atoms with Gasteiger partial charge in [-0.05, 0) is 31.6 Å². The number of hydrogen-bond donors (Lipinski definition) is 9. The van der Waals surface area contributed by atoms with Gasteiger partial charge in [-0.25, -0.2) is 0 Å². The van der Waals surface area contributed by atoms with Crippen molar-refractivity contribution in [3.8, 4) is 0 Å². The van der Waals surface area contributed by atoms with Crippen LogP contribution in [0.4, 0.5) is 0 Å². The number of aliphatic hydroxyl groups excluding tert-OH is 1. The molecule has 40 heavy (non-hydrogen) atoms. The number of carbonyl (C=O) groups excluding carboxylic acids is 6. The van der Waals surface area contributed by atoms with E-state index in [4.69, 9.17) is 21.7 Å². The minimum Gasteiger partial charge on any atom is -0.480 e. The van der Waals surface area contributed by atoms with Crippen LogP contribution in [0.2, 0.25) is 0 Å². The molecule has 16 heteroatoms. The third-order valence-electron chi connectivity index (χ3n) is 5.60. The first-order valence-electron chi connectivity index (χ1n) is 12.9. The van der Waals surface area contributed by atoms with Crippen molar-refractivity contribution in [2.45, 2.75) is 84.1 Å². The number of hydrogen-bond acceptors (Lipinski definition) is 9. The summed E-state index contributed by atoms with van der Waals surface area (Å²) < 4.78 is 0. The van der Waals surface area contributed by atoms with Gasteiger partial charge in [0, 0.05) is 6.42 Å². The molecule has 228 valence electrons. The van der Waals surface area contributed by atoms with E-state index in [1.807, 2.05) is 0 Å². The Labute approximate surface area is 232 Å². The van der Waals surface area contributed by atoms with Crippen molar-refractivity contribution in [3.05, 3.63) is 0 Å². The highest BCUT2D eigenvalue weighted by atomic mass is 16.4. The Balaban J connectivity index is 5.68. The molecule has 0 unspecified atom stereocenters. The lowest BCUT2D eigenvalue weighted by Crippen LogP contribution is -2.60. The van der Waals surface area contributed by atoms with Gasteiger partial charge in [0.05, 0.1) is 6.61 Å². The Kier molecular flexibility index (Phi) is 16.0. The number of carboxylic acids is 1. The van der Waals surface area contributed by atoms with Gasteiger partial charge in [0.25, 0.3) is 0 Å². The summed E-state index contributed by atoms with van der Waals surface area (Å²) in [6.07, 6.45) is -0.313. The Hall–Kier alpha value is -3.79. The van der Waals surface area contributed by atoms with Gasteiger partial charge >= 0.3 is 5.97 Å². The van der Waals surface area contributed by atoms with Crippen LogP contribution in [0.3, 0.4) is 0 Å². The Morgan fingerprint density at radius 2 is 1.30 bits per heavy atom. The zero-order valence-electron chi connectivity index (χ0n) is 23.5. The summed E-state index contributed by atoms with van der Waals surface area (Å²) in [5.41, 5.74) is 10.7. The number of aliphatic hydroxyl groups is 1. The average molecular weight is 574 g/mol. The van der Waals surface area contributed by atoms with Gasteiger partial charge in [0.15, 0.2) is 0 Å². The SMILES string of the molecule is CC(C)C[C@H](NC(=O)[C@H](CCC(N)=O)NC(=O)[C@@H](N)CO)C(=O)N[C@H](C(=O)N[C@@H](C)C(=O)NCC(=O)O)C(C)C. The topological polar surface area (TPSA) is 272 Å². The predicted octanol–water partition coefficient (Wildman–Crippen LogP) is -3.57. The van der Waals surface area contributed by atoms with E-state index in [0.29, 0.717) is 0 Å². The minimum absolute atomic E-state index is 0.0956. The van der Waals surface area contributed by atoms with Gasteiger partial charge in [-0.15, -0.1) is 0 Å². The molecule has 0 aromatic carbocycles. The smallest absolute Gasteiger partial charge is 0.322 e. The van der Waals surface area contributed by atoms with Crippen LogP contribution >= 0.6 is 0 Å². The monoisotopic (exact) mass is 573 g/mol. The number of primary amides is 1. The number of amides is 6. The first kappa shape index (κ1) is 36.2. The molecule has 0 aliphatic rings. The highest BCUT2D eigenvalue weighted by molar-refractivity contribution is 5.96. The molecule has 0 rings (SSSR count). The van der Waals surface area contributed by atoms with Gasteiger partial charge in [0.1, 0.15) is 36.8 Å². The van der Waals surface area contributed by atoms with Crippen LogP contribution in [-0.2, 0) is 33.6 Å². The summed E-state index contributed by atoms with van der Waals surface area (Å²) in [4.78, 5) is 85.3. The fraction of sp³-hybridized carbons (Fsp3) is 0.708. The minimum atomic E-state index is -1.32. The van der Waals surface area contributed by atoms with Crippen molar-refractivity contribution in [2.75, 3.05) is 13.2 Å². The standard InChI is InChI=1S/C24H43N7O9/c1-11(2)8-16(30-22(38)15(6-7-17(26)33)29-21(37)14(25)10-32)23(39)31-19(12(3)4)24(40)28-13(5)20(36)27-9-18(34)35/h11-16,19,32H,6-10,25H2,1-5H3,(H2,26,33)(H,27,36)(H,28,40)(H,29,37)(H,30,38)(H,31,39)(H,34,35)/t13-,14-,15-,16-,19-/m0/s1. The van der Waals surface area contributed by atoms with Gasteiger partial charge in [0.2, 0.25) is 35.4 Å². The third-order valence-corrected chi connectivity index (χ3v) is 5.60. The summed E-state index contributed by atoms with van der Waals surface area (Å²) in [6, 6.07) is -6.00. The summed E-state index contributed by atoms with van der Waals surface area (Å²) in [7, 11) is 0. The van der Waals surface area contributed by atoms with E-state index in [1.54, 1.807) is 27.7 Å². The normalized spacial score (nSPS) is 14.7. The number of aliphatic carboxylic acids is 1. The summed E-state index contributed by atoms with van der Waals surface area (Å²) in [5, 5.41) is 29.8. The summed E-state index contributed by atoms with van der Waals surface area (Å²) >= 11 is 0. The van der Waals surface area contributed by atoms with E-state index in [9.17, 15) is 33.6 Å². The van der Waals surface area contributed by atoms with Crippen molar-refractivity contribution < 1.29 is 43.8 Å². The fourth-order valence-corrected chi connectivity index (χ4v) is 3.37. The third kappa shape index (κ3) is 13.8. The van der Waals surface area contributed by atoms with E-state index in [-0.39, 0.29) is 25.2 Å². The zero-order chi connectivity index (χ0) is 31.2. The van der Waals surface area contributed by atoms with E-state index >= 15 is 0 Å². The number of rotatable bonds is 18. The quantitative estimate of drug-likeness (QED) is 0.0778. The molecule has 0 aliphatic heterocycles. The first-order chi connectivity index (χ1) is 18.5. The second-order valence-electron chi connectivity index (χ2n) is 10.1. The Morgan fingerprint density at radius 3 is 1.77 bits per heavy atom. The van der Waals surface area contributed by atoms with Crippen LogP contribution < -0.4 is 38.1 Å². The molecule has 0 aromatic rings. The molecule has 5 atom stereocenters. The number of carboxylic acid groups (broad SMARTS) is 1. The molecule has 0 heterocycles. The number of nitrogens with one attached hydrogen (secondary N) is 5. The summed E-state index contributed by atoms with van der Waals surface area (Å²) in [6.45, 7) is 6.91. The first-order valence-corrected chi connectivity index (χ1v) is 12.9. The van der Waals surface area contributed by atoms with Crippen molar-refractivity contribution in [1.82, 2.24) is 26.6 Å². The van der Waals surface area contributed by atoms with E-state index in [1.165, 1.54) is 6.92 Å². The lowest BCUT2D eigenvalue weighted by Gasteiger charge is -2.28. The average Bonchev–Trinajstić information content (AvgIpc) is 2.85. The maximum atomic E-state index is 13.2. The lowest BCUT2D eigenvalue weighted by molar-refractivity contribution is -0.138. The van der Waals surface area contributed by atoms with Gasteiger partial charge in [-0.1, -0.05) is 27.7 Å². The molecule has 0 radical (unpaired) electrons. The molecule has 0 saturated carbocycles. The van der Waals surface area contributed by atoms with Crippen LogP contribution in [0.15, 0.2) is 0 Å². The highest BCUT2D eigenvalue weighted by Gasteiger charge is 2.32. The van der Waals surface area contributed by atoms with Crippen molar-refractivity contribution in [1.29, 1.82) is 0 Å². The summed E-state index contributed by atoms with van der Waals surface area (Å²) in [5.74, 6) is -6.36. The molecule has 16 nitrogen and oxygen atoms in total. The van der Waals surface area contributed by atoms with E-state index in [0.717, 1.165) is 0 Å². The molecule has 0 aliphatic carbocycles. The highest BCUT2D eigenvalue weighted by Crippen LogP contribution is 2.10. The molecule has 0 spiro atoms. The Bertz CT molecular complexity index is 926. The maximum Gasteiger partial charge on any atom is 0.322 e. The lowest BCUT2D eigenvalue weighted by atomic mass is 9.99. The van der Waals surface area contributed by atoms with Gasteiger partial charge in [-0.2, -0.15) is 0 Å². The molecule has 0 fully saturated rings. The molecular formula is C24H43N7O9. The number of carbonyl (C=O) groups is 7. The molecule has 11 N–H and O–H groups in total. The van der Waals surface area contributed by atoms with Crippen LogP contribution in [-0.4, -0.2) is 95.0 Å². The van der Waals surface area contributed by atoms with Gasteiger partial charge < -0.3 is 48.3 Å². The number of nitrogens with two attached hydrogens (primary N) is 2. The zero-order valence-corrected chi connectivity index (χ0v) is 23.5. The predicted molar refractivity (Wildman–Crippen MR) is 142 cm³/mol. The van der Waals surface area contributed by atoms with Crippen LogP contribution in [0.5, 0.6) is 0 Å². The molecule has 0 aromatic heterocycles. The molecule has 6 amide bonds. The van der Waals surface area contributed by atoms with E-state index in [2.05, 4.69) is 26.6 Å². The fourth-order valence-electron chi connectivity index (χ4n) is 3.37. The van der Waals surface area contributed by atoms with E-state index < -0.39 is 90.7 Å². The molecule has 0 saturated heterocycles. The van der Waals surface area contributed by atoms with Crippen molar-refractivity contribution >= 4 is 41.4 Å². The van der Waals surface area contributed by atoms with Crippen LogP contribution in [0.1, 0.15) is 53.9 Å². The van der Waals surface area contributed by atoms with Gasteiger partial charge in [-0.3, -0.25) is 33.6 Å².